The minimum absolute atomic E-state index is 0.270. The quantitative estimate of drug-likeness (QED) is 0.798. The largest absolute Gasteiger partial charge is 0.312 e. The van der Waals surface area contributed by atoms with E-state index in [1.54, 1.807) is 6.20 Å². The molecule has 0 amide bonds. The maximum Gasteiger partial charge on any atom is 0.0834 e. The summed E-state index contributed by atoms with van der Waals surface area (Å²) in [5.74, 6) is 0.672. The standard InChI is InChI=1S/C14H27ClN4/c1-6-11(2)9-13(16-3)14-12(15)10-17-19(14)8-7-18(4)5/h10-11,13,16H,6-9H2,1-5H3. The lowest BCUT2D eigenvalue weighted by Crippen LogP contribution is -2.25. The molecule has 1 rings (SSSR count). The van der Waals surface area contributed by atoms with Crippen molar-refractivity contribution < 1.29 is 0 Å². The molecule has 1 aromatic heterocycles. The molecule has 0 spiro atoms. The molecule has 0 aliphatic carbocycles. The van der Waals surface area contributed by atoms with Crippen molar-refractivity contribution in [3.8, 4) is 0 Å². The average Bonchev–Trinajstić information content (AvgIpc) is 2.74. The lowest BCUT2D eigenvalue weighted by molar-refractivity contribution is 0.352. The first-order valence-corrected chi connectivity index (χ1v) is 7.40. The summed E-state index contributed by atoms with van der Waals surface area (Å²) in [7, 11) is 6.13. The van der Waals surface area contributed by atoms with Crippen LogP contribution in [0.5, 0.6) is 0 Å². The third-order valence-electron chi connectivity index (χ3n) is 3.61. The SMILES string of the molecule is CCC(C)CC(NC)c1c(Cl)cnn1CCN(C)C. The molecule has 0 fully saturated rings. The Morgan fingerprint density at radius 1 is 1.47 bits per heavy atom. The van der Waals surface area contributed by atoms with Crippen LogP contribution in [0.25, 0.3) is 0 Å². The van der Waals surface area contributed by atoms with Gasteiger partial charge in [0.1, 0.15) is 0 Å². The highest BCUT2D eigenvalue weighted by molar-refractivity contribution is 6.31. The molecule has 0 radical (unpaired) electrons. The lowest BCUT2D eigenvalue weighted by atomic mass is 9.97. The smallest absolute Gasteiger partial charge is 0.0834 e. The van der Waals surface area contributed by atoms with Crippen molar-refractivity contribution in [2.24, 2.45) is 5.92 Å². The van der Waals surface area contributed by atoms with E-state index in [9.17, 15) is 0 Å². The first-order chi connectivity index (χ1) is 8.99. The van der Waals surface area contributed by atoms with Gasteiger partial charge in [-0.25, -0.2) is 0 Å². The van der Waals surface area contributed by atoms with Gasteiger partial charge in [0.2, 0.25) is 0 Å². The first-order valence-electron chi connectivity index (χ1n) is 7.02. The molecule has 0 aliphatic rings. The minimum atomic E-state index is 0.270. The summed E-state index contributed by atoms with van der Waals surface area (Å²) >= 11 is 6.32. The predicted molar refractivity (Wildman–Crippen MR) is 81.7 cm³/mol. The monoisotopic (exact) mass is 286 g/mol. The number of rotatable bonds is 8. The molecule has 110 valence electrons. The second kappa shape index (κ2) is 7.88. The Balaban J connectivity index is 2.86. The number of nitrogens with one attached hydrogen (secondary N) is 1. The van der Waals surface area contributed by atoms with Crippen LogP contribution < -0.4 is 5.32 Å². The van der Waals surface area contributed by atoms with Crippen molar-refractivity contribution >= 4 is 11.6 Å². The van der Waals surface area contributed by atoms with Crippen molar-refractivity contribution in [3.63, 3.8) is 0 Å². The van der Waals surface area contributed by atoms with Crippen LogP contribution in [0.4, 0.5) is 0 Å². The van der Waals surface area contributed by atoms with Crippen molar-refractivity contribution in [2.45, 2.75) is 39.3 Å². The molecular formula is C14H27ClN4. The van der Waals surface area contributed by atoms with E-state index in [2.05, 4.69) is 43.3 Å². The van der Waals surface area contributed by atoms with E-state index in [1.165, 1.54) is 6.42 Å². The van der Waals surface area contributed by atoms with Gasteiger partial charge in [-0.1, -0.05) is 31.9 Å². The molecule has 4 nitrogen and oxygen atoms in total. The van der Waals surface area contributed by atoms with E-state index in [0.29, 0.717) is 5.92 Å². The van der Waals surface area contributed by atoms with Gasteiger partial charge >= 0.3 is 0 Å². The highest BCUT2D eigenvalue weighted by Gasteiger charge is 2.20. The molecule has 2 unspecified atom stereocenters. The second-order valence-electron chi connectivity index (χ2n) is 5.49. The Hall–Kier alpha value is -0.580. The van der Waals surface area contributed by atoms with E-state index in [1.807, 2.05) is 11.7 Å². The van der Waals surface area contributed by atoms with Crippen molar-refractivity contribution in [2.75, 3.05) is 27.7 Å². The normalized spacial score (nSPS) is 14.9. The van der Waals surface area contributed by atoms with Crippen LogP contribution in [0.2, 0.25) is 5.02 Å². The fourth-order valence-corrected chi connectivity index (χ4v) is 2.40. The molecule has 0 aliphatic heterocycles. The fourth-order valence-electron chi connectivity index (χ4n) is 2.13. The zero-order valence-corrected chi connectivity index (χ0v) is 13.5. The lowest BCUT2D eigenvalue weighted by Gasteiger charge is -2.22. The van der Waals surface area contributed by atoms with E-state index in [-0.39, 0.29) is 6.04 Å². The second-order valence-corrected chi connectivity index (χ2v) is 5.90. The molecule has 0 bridgehead atoms. The maximum atomic E-state index is 6.32. The van der Waals surface area contributed by atoms with Gasteiger partial charge in [-0.3, -0.25) is 4.68 Å². The van der Waals surface area contributed by atoms with Crippen molar-refractivity contribution in [1.29, 1.82) is 0 Å². The van der Waals surface area contributed by atoms with Crippen LogP contribution in [0.3, 0.4) is 0 Å². The summed E-state index contributed by atoms with van der Waals surface area (Å²) in [5, 5.41) is 8.55. The highest BCUT2D eigenvalue weighted by Crippen LogP contribution is 2.28. The zero-order chi connectivity index (χ0) is 14.4. The van der Waals surface area contributed by atoms with Crippen LogP contribution in [-0.4, -0.2) is 42.4 Å². The molecule has 0 saturated heterocycles. The number of likely N-dealkylation sites (N-methyl/N-ethyl adjacent to an activating group) is 1. The third-order valence-corrected chi connectivity index (χ3v) is 3.90. The van der Waals surface area contributed by atoms with Gasteiger partial charge in [0.15, 0.2) is 0 Å². The van der Waals surface area contributed by atoms with Crippen LogP contribution in [-0.2, 0) is 6.54 Å². The number of aromatic nitrogens is 2. The van der Waals surface area contributed by atoms with Crippen LogP contribution in [0, 0.1) is 5.92 Å². The van der Waals surface area contributed by atoms with Gasteiger partial charge in [0.25, 0.3) is 0 Å². The Labute approximate surface area is 122 Å². The van der Waals surface area contributed by atoms with E-state index in [4.69, 9.17) is 11.6 Å². The Morgan fingerprint density at radius 3 is 2.68 bits per heavy atom. The Kier molecular flexibility index (Phi) is 6.83. The summed E-state index contributed by atoms with van der Waals surface area (Å²) in [4.78, 5) is 2.16. The van der Waals surface area contributed by atoms with Crippen molar-refractivity contribution in [3.05, 3.63) is 16.9 Å². The molecular weight excluding hydrogens is 260 g/mol. The summed E-state index contributed by atoms with van der Waals surface area (Å²) in [6.07, 6.45) is 4.02. The van der Waals surface area contributed by atoms with Gasteiger partial charge in [0.05, 0.1) is 29.5 Å². The molecule has 19 heavy (non-hydrogen) atoms. The molecule has 1 heterocycles. The topological polar surface area (TPSA) is 33.1 Å². The van der Waals surface area contributed by atoms with E-state index >= 15 is 0 Å². The fraction of sp³-hybridized carbons (Fsp3) is 0.786. The van der Waals surface area contributed by atoms with Crippen LogP contribution in [0.1, 0.15) is 38.4 Å². The molecule has 2 atom stereocenters. The maximum absolute atomic E-state index is 6.32. The van der Waals surface area contributed by atoms with Gasteiger partial charge < -0.3 is 10.2 Å². The van der Waals surface area contributed by atoms with Gasteiger partial charge in [-0.05, 0) is 33.5 Å². The van der Waals surface area contributed by atoms with E-state index < -0.39 is 0 Å². The third kappa shape index (κ3) is 4.79. The van der Waals surface area contributed by atoms with Gasteiger partial charge in [-0.2, -0.15) is 5.10 Å². The van der Waals surface area contributed by atoms with Gasteiger partial charge in [0, 0.05) is 6.54 Å². The first kappa shape index (κ1) is 16.5. The van der Waals surface area contributed by atoms with E-state index in [0.717, 1.165) is 30.2 Å². The summed E-state index contributed by atoms with van der Waals surface area (Å²) in [6.45, 7) is 6.33. The predicted octanol–water partition coefficient (Wildman–Crippen LogP) is 2.79. The summed E-state index contributed by atoms with van der Waals surface area (Å²) < 4.78 is 2.03. The summed E-state index contributed by atoms with van der Waals surface area (Å²) in [5.41, 5.74) is 1.12. The van der Waals surface area contributed by atoms with Crippen LogP contribution >= 0.6 is 11.6 Å². The molecule has 5 heteroatoms. The Morgan fingerprint density at radius 2 is 2.16 bits per heavy atom. The number of hydrogen-bond donors (Lipinski definition) is 1. The molecule has 0 saturated carbocycles. The number of hydrogen-bond acceptors (Lipinski definition) is 3. The number of halogens is 1. The van der Waals surface area contributed by atoms with Crippen LogP contribution in [0.15, 0.2) is 6.20 Å². The number of nitrogens with zero attached hydrogens (tertiary/aromatic N) is 3. The average molecular weight is 287 g/mol. The zero-order valence-electron chi connectivity index (χ0n) is 12.8. The minimum Gasteiger partial charge on any atom is -0.312 e. The highest BCUT2D eigenvalue weighted by atomic mass is 35.5. The van der Waals surface area contributed by atoms with Gasteiger partial charge in [-0.15, -0.1) is 0 Å². The molecule has 0 aromatic carbocycles. The van der Waals surface area contributed by atoms with Crippen molar-refractivity contribution in [1.82, 2.24) is 20.0 Å². The summed E-state index contributed by atoms with van der Waals surface area (Å²) in [6, 6.07) is 0.270. The Bertz CT molecular complexity index is 376. The molecule has 1 aromatic rings. The molecule has 1 N–H and O–H groups in total.